The fourth-order valence-electron chi connectivity index (χ4n) is 1.79. The molecule has 1 aromatic carbocycles. The number of nitrogens with one attached hydrogen (secondary N) is 2. The SMILES string of the molecule is CCCCOC(=O)Nc1ccc(OCC(O)CNCCC)cc1. The third-order valence-corrected chi connectivity index (χ3v) is 3.08. The molecule has 0 spiro atoms. The zero-order chi connectivity index (χ0) is 16.9. The maximum atomic E-state index is 11.5. The highest BCUT2D eigenvalue weighted by molar-refractivity contribution is 5.84. The summed E-state index contributed by atoms with van der Waals surface area (Å²) in [4.78, 5) is 11.5. The molecule has 0 saturated heterocycles. The molecule has 0 heterocycles. The Labute approximate surface area is 138 Å². The number of aliphatic hydroxyl groups is 1. The average Bonchev–Trinajstić information content (AvgIpc) is 2.55. The predicted octanol–water partition coefficient (Wildman–Crippen LogP) is 2.77. The maximum absolute atomic E-state index is 11.5. The Morgan fingerprint density at radius 1 is 1.22 bits per heavy atom. The number of amides is 1. The summed E-state index contributed by atoms with van der Waals surface area (Å²) in [5.41, 5.74) is 0.643. The van der Waals surface area contributed by atoms with Gasteiger partial charge in [-0.3, -0.25) is 5.32 Å². The second-order valence-electron chi connectivity index (χ2n) is 5.31. The highest BCUT2D eigenvalue weighted by Gasteiger charge is 2.06. The van der Waals surface area contributed by atoms with Gasteiger partial charge in [-0.2, -0.15) is 0 Å². The molecule has 0 aliphatic heterocycles. The van der Waals surface area contributed by atoms with Crippen molar-refractivity contribution in [1.29, 1.82) is 0 Å². The van der Waals surface area contributed by atoms with Gasteiger partial charge in [-0.05, 0) is 43.7 Å². The first-order chi connectivity index (χ1) is 11.2. The number of rotatable bonds is 11. The van der Waals surface area contributed by atoms with Gasteiger partial charge in [0, 0.05) is 12.2 Å². The zero-order valence-corrected chi connectivity index (χ0v) is 14.0. The fraction of sp³-hybridized carbons (Fsp3) is 0.588. The van der Waals surface area contributed by atoms with Crippen LogP contribution in [0.5, 0.6) is 5.75 Å². The van der Waals surface area contributed by atoms with Gasteiger partial charge in [0.15, 0.2) is 0 Å². The topological polar surface area (TPSA) is 79.8 Å². The van der Waals surface area contributed by atoms with Gasteiger partial charge in [-0.1, -0.05) is 20.3 Å². The van der Waals surface area contributed by atoms with Crippen LogP contribution in [0.15, 0.2) is 24.3 Å². The van der Waals surface area contributed by atoms with Gasteiger partial charge in [0.2, 0.25) is 0 Å². The standard InChI is InChI=1S/C17H28N2O4/c1-3-5-11-22-17(21)19-14-6-8-16(9-7-14)23-13-15(20)12-18-10-4-2/h6-9,15,18,20H,3-5,10-13H2,1-2H3,(H,19,21). The maximum Gasteiger partial charge on any atom is 0.411 e. The number of aliphatic hydroxyl groups excluding tert-OH is 1. The van der Waals surface area contributed by atoms with E-state index in [0.717, 1.165) is 25.8 Å². The van der Waals surface area contributed by atoms with Crippen LogP contribution in [0.25, 0.3) is 0 Å². The van der Waals surface area contributed by atoms with Crippen LogP contribution in [0.1, 0.15) is 33.1 Å². The summed E-state index contributed by atoms with van der Waals surface area (Å²) < 4.78 is 10.5. The molecule has 23 heavy (non-hydrogen) atoms. The lowest BCUT2D eigenvalue weighted by atomic mass is 10.3. The number of ether oxygens (including phenoxy) is 2. The van der Waals surface area contributed by atoms with E-state index in [9.17, 15) is 9.90 Å². The number of hydrogen-bond acceptors (Lipinski definition) is 5. The van der Waals surface area contributed by atoms with Crippen LogP contribution >= 0.6 is 0 Å². The molecular formula is C17H28N2O4. The molecule has 6 heteroatoms. The lowest BCUT2D eigenvalue weighted by molar-refractivity contribution is 0.106. The van der Waals surface area contributed by atoms with E-state index in [1.165, 1.54) is 0 Å². The van der Waals surface area contributed by atoms with E-state index >= 15 is 0 Å². The Bertz CT molecular complexity index is 437. The molecule has 1 unspecified atom stereocenters. The van der Waals surface area contributed by atoms with Crippen LogP contribution in [0.4, 0.5) is 10.5 Å². The van der Waals surface area contributed by atoms with Gasteiger partial charge in [0.1, 0.15) is 18.5 Å². The highest BCUT2D eigenvalue weighted by atomic mass is 16.5. The first kappa shape index (κ1) is 19.3. The number of benzene rings is 1. The number of carbonyl (C=O) groups excluding carboxylic acids is 1. The second-order valence-corrected chi connectivity index (χ2v) is 5.31. The lowest BCUT2D eigenvalue weighted by Gasteiger charge is -2.13. The molecule has 0 aliphatic carbocycles. The molecule has 6 nitrogen and oxygen atoms in total. The normalized spacial score (nSPS) is 11.8. The fourth-order valence-corrected chi connectivity index (χ4v) is 1.79. The van der Waals surface area contributed by atoms with Crippen molar-refractivity contribution < 1.29 is 19.4 Å². The average molecular weight is 324 g/mol. The third-order valence-electron chi connectivity index (χ3n) is 3.08. The van der Waals surface area contributed by atoms with Crippen molar-refractivity contribution in [3.05, 3.63) is 24.3 Å². The predicted molar refractivity (Wildman–Crippen MR) is 91.0 cm³/mol. The van der Waals surface area contributed by atoms with E-state index in [-0.39, 0.29) is 6.61 Å². The van der Waals surface area contributed by atoms with Crippen molar-refractivity contribution in [2.75, 3.05) is 31.6 Å². The van der Waals surface area contributed by atoms with Crippen molar-refractivity contribution in [1.82, 2.24) is 5.32 Å². The van der Waals surface area contributed by atoms with Gasteiger partial charge >= 0.3 is 6.09 Å². The van der Waals surface area contributed by atoms with Gasteiger partial charge in [-0.25, -0.2) is 4.79 Å². The Morgan fingerprint density at radius 3 is 2.61 bits per heavy atom. The summed E-state index contributed by atoms with van der Waals surface area (Å²) in [7, 11) is 0. The summed E-state index contributed by atoms with van der Waals surface area (Å²) >= 11 is 0. The van der Waals surface area contributed by atoms with Crippen LogP contribution in [0.2, 0.25) is 0 Å². The molecule has 1 rings (SSSR count). The lowest BCUT2D eigenvalue weighted by Crippen LogP contribution is -2.31. The van der Waals surface area contributed by atoms with Crippen LogP contribution in [0, 0.1) is 0 Å². The Morgan fingerprint density at radius 2 is 1.96 bits per heavy atom. The van der Waals surface area contributed by atoms with E-state index in [4.69, 9.17) is 9.47 Å². The van der Waals surface area contributed by atoms with E-state index in [2.05, 4.69) is 17.6 Å². The van der Waals surface area contributed by atoms with Crippen LogP contribution in [-0.2, 0) is 4.74 Å². The molecule has 0 bridgehead atoms. The molecular weight excluding hydrogens is 296 g/mol. The molecule has 0 aliphatic rings. The van der Waals surface area contributed by atoms with E-state index in [1.807, 2.05) is 6.92 Å². The Balaban J connectivity index is 2.28. The number of hydrogen-bond donors (Lipinski definition) is 3. The van der Waals surface area contributed by atoms with Gasteiger partial charge in [0.25, 0.3) is 0 Å². The quantitative estimate of drug-likeness (QED) is 0.545. The molecule has 1 atom stereocenters. The van der Waals surface area contributed by atoms with Gasteiger partial charge in [-0.15, -0.1) is 0 Å². The van der Waals surface area contributed by atoms with Crippen molar-refractivity contribution in [2.45, 2.75) is 39.2 Å². The largest absolute Gasteiger partial charge is 0.491 e. The number of anilines is 1. The van der Waals surface area contributed by atoms with Crippen molar-refractivity contribution in [3.63, 3.8) is 0 Å². The van der Waals surface area contributed by atoms with Crippen molar-refractivity contribution in [3.8, 4) is 5.75 Å². The minimum absolute atomic E-state index is 0.225. The van der Waals surface area contributed by atoms with E-state index in [1.54, 1.807) is 24.3 Å². The molecule has 0 fully saturated rings. The Hall–Kier alpha value is -1.79. The minimum atomic E-state index is -0.548. The van der Waals surface area contributed by atoms with E-state index < -0.39 is 12.2 Å². The highest BCUT2D eigenvalue weighted by Crippen LogP contribution is 2.16. The van der Waals surface area contributed by atoms with Crippen molar-refractivity contribution in [2.24, 2.45) is 0 Å². The smallest absolute Gasteiger partial charge is 0.411 e. The van der Waals surface area contributed by atoms with Crippen LogP contribution in [0.3, 0.4) is 0 Å². The first-order valence-electron chi connectivity index (χ1n) is 8.21. The van der Waals surface area contributed by atoms with Gasteiger partial charge < -0.3 is 19.9 Å². The second kappa shape index (κ2) is 11.7. The first-order valence-corrected chi connectivity index (χ1v) is 8.21. The zero-order valence-electron chi connectivity index (χ0n) is 14.0. The van der Waals surface area contributed by atoms with Crippen LogP contribution < -0.4 is 15.4 Å². The van der Waals surface area contributed by atoms with Crippen molar-refractivity contribution >= 4 is 11.8 Å². The van der Waals surface area contributed by atoms with Gasteiger partial charge in [0.05, 0.1) is 6.61 Å². The summed E-state index contributed by atoms with van der Waals surface area (Å²) in [5, 5.41) is 15.5. The number of carbonyl (C=O) groups is 1. The molecule has 3 N–H and O–H groups in total. The molecule has 0 saturated carbocycles. The molecule has 0 radical (unpaired) electrons. The number of unbranched alkanes of at least 4 members (excludes halogenated alkanes) is 1. The summed E-state index contributed by atoms with van der Waals surface area (Å²) in [6.07, 6.45) is 1.87. The third kappa shape index (κ3) is 9.05. The van der Waals surface area contributed by atoms with Crippen LogP contribution in [-0.4, -0.2) is 43.6 Å². The summed E-state index contributed by atoms with van der Waals surface area (Å²) in [5.74, 6) is 0.643. The minimum Gasteiger partial charge on any atom is -0.491 e. The monoisotopic (exact) mass is 324 g/mol. The molecule has 0 aromatic heterocycles. The molecule has 1 aromatic rings. The van der Waals surface area contributed by atoms with E-state index in [0.29, 0.717) is 24.6 Å². The summed E-state index contributed by atoms with van der Waals surface area (Å²) in [6, 6.07) is 6.96. The Kier molecular flexibility index (Phi) is 9.83. The molecule has 130 valence electrons. The summed E-state index contributed by atoms with van der Waals surface area (Å²) in [6.45, 7) is 6.15. The molecule has 1 amide bonds.